The molecule has 0 atom stereocenters. The molecule has 0 aliphatic carbocycles. The predicted molar refractivity (Wildman–Crippen MR) is 65.7 cm³/mol. The van der Waals surface area contributed by atoms with Gasteiger partial charge in [-0.2, -0.15) is 10.2 Å². The van der Waals surface area contributed by atoms with E-state index in [1.54, 1.807) is 0 Å². The molecule has 18 heavy (non-hydrogen) atoms. The SMILES string of the molecule is CCn1c(CCn2cc([N+](=O)[O-])cn2)n[nH]c1=S. The molecule has 0 bridgehead atoms. The molecule has 9 heteroatoms. The Bertz CT molecular complexity index is 613. The second-order valence-electron chi connectivity index (χ2n) is 3.66. The number of hydrogen-bond acceptors (Lipinski definition) is 5. The Kier molecular flexibility index (Phi) is 3.51. The summed E-state index contributed by atoms with van der Waals surface area (Å²) in [7, 11) is 0. The first-order valence-corrected chi connectivity index (χ1v) is 5.83. The molecule has 0 amide bonds. The van der Waals surface area contributed by atoms with Crippen LogP contribution in [0.3, 0.4) is 0 Å². The number of nitrogens with zero attached hydrogens (tertiary/aromatic N) is 5. The highest BCUT2D eigenvalue weighted by Gasteiger charge is 2.10. The van der Waals surface area contributed by atoms with Crippen LogP contribution in [0.2, 0.25) is 0 Å². The van der Waals surface area contributed by atoms with Crippen molar-refractivity contribution < 1.29 is 4.92 Å². The molecule has 2 heterocycles. The first-order valence-electron chi connectivity index (χ1n) is 5.42. The van der Waals surface area contributed by atoms with Crippen LogP contribution in [-0.4, -0.2) is 29.5 Å². The van der Waals surface area contributed by atoms with Gasteiger partial charge in [-0.05, 0) is 19.1 Å². The molecule has 0 radical (unpaired) electrons. The van der Waals surface area contributed by atoms with E-state index < -0.39 is 4.92 Å². The van der Waals surface area contributed by atoms with E-state index in [4.69, 9.17) is 12.2 Å². The van der Waals surface area contributed by atoms with Crippen LogP contribution in [0.25, 0.3) is 0 Å². The Labute approximate surface area is 107 Å². The van der Waals surface area contributed by atoms with Crippen LogP contribution in [0.4, 0.5) is 5.69 Å². The number of H-pyrrole nitrogens is 1. The topological polar surface area (TPSA) is 94.6 Å². The first kappa shape index (κ1) is 12.4. The van der Waals surface area contributed by atoms with Crippen LogP contribution in [0, 0.1) is 14.9 Å². The summed E-state index contributed by atoms with van der Waals surface area (Å²) in [5.74, 6) is 0.820. The van der Waals surface area contributed by atoms with Crippen LogP contribution in [-0.2, 0) is 19.5 Å². The minimum Gasteiger partial charge on any atom is -0.304 e. The van der Waals surface area contributed by atoms with Crippen molar-refractivity contribution in [3.05, 3.63) is 33.1 Å². The van der Waals surface area contributed by atoms with Gasteiger partial charge >= 0.3 is 5.69 Å². The molecule has 0 aliphatic heterocycles. The Morgan fingerprint density at radius 3 is 3.00 bits per heavy atom. The fourth-order valence-corrected chi connectivity index (χ4v) is 1.93. The summed E-state index contributed by atoms with van der Waals surface area (Å²) >= 11 is 5.07. The summed E-state index contributed by atoms with van der Waals surface area (Å²) in [6, 6.07) is 0. The highest BCUT2D eigenvalue weighted by Crippen LogP contribution is 2.08. The van der Waals surface area contributed by atoms with Gasteiger partial charge in [0.15, 0.2) is 4.77 Å². The number of nitrogens with one attached hydrogen (secondary N) is 1. The van der Waals surface area contributed by atoms with Crippen molar-refractivity contribution in [3.63, 3.8) is 0 Å². The maximum atomic E-state index is 10.5. The molecule has 0 saturated heterocycles. The highest BCUT2D eigenvalue weighted by atomic mass is 32.1. The van der Waals surface area contributed by atoms with E-state index >= 15 is 0 Å². The number of nitro groups is 1. The fourth-order valence-electron chi connectivity index (χ4n) is 1.65. The average Bonchev–Trinajstić information content (AvgIpc) is 2.93. The lowest BCUT2D eigenvalue weighted by molar-refractivity contribution is -0.385. The maximum absolute atomic E-state index is 10.5. The third kappa shape index (κ3) is 2.45. The van der Waals surface area contributed by atoms with Crippen molar-refractivity contribution in [3.8, 4) is 0 Å². The van der Waals surface area contributed by atoms with E-state index in [1.807, 2.05) is 11.5 Å². The van der Waals surface area contributed by atoms with E-state index in [0.717, 1.165) is 12.4 Å². The minimum atomic E-state index is -0.467. The molecule has 0 spiro atoms. The molecule has 0 fully saturated rings. The minimum absolute atomic E-state index is 0.00986. The van der Waals surface area contributed by atoms with Gasteiger partial charge in [0.25, 0.3) is 0 Å². The Hall–Kier alpha value is -2.03. The normalized spacial score (nSPS) is 10.7. The second kappa shape index (κ2) is 5.08. The van der Waals surface area contributed by atoms with Gasteiger partial charge in [0.05, 0.1) is 4.92 Å². The summed E-state index contributed by atoms with van der Waals surface area (Å²) in [4.78, 5) is 10.0. The number of hydrogen-bond donors (Lipinski definition) is 1. The van der Waals surface area contributed by atoms with Crippen molar-refractivity contribution >= 4 is 17.9 Å². The first-order chi connectivity index (χ1) is 8.61. The Balaban J connectivity index is 2.06. The summed E-state index contributed by atoms with van der Waals surface area (Å²) in [5.41, 5.74) is -0.00986. The zero-order chi connectivity index (χ0) is 13.1. The van der Waals surface area contributed by atoms with Crippen molar-refractivity contribution in [2.45, 2.75) is 26.4 Å². The smallest absolute Gasteiger partial charge is 0.304 e. The van der Waals surface area contributed by atoms with Crippen LogP contribution in [0.1, 0.15) is 12.7 Å². The molecular weight excluding hydrogens is 256 g/mol. The molecule has 96 valence electrons. The second-order valence-corrected chi connectivity index (χ2v) is 4.04. The molecular formula is C9H12N6O2S. The molecule has 2 aromatic heterocycles. The summed E-state index contributed by atoms with van der Waals surface area (Å²) < 4.78 is 3.99. The zero-order valence-corrected chi connectivity index (χ0v) is 10.6. The lowest BCUT2D eigenvalue weighted by Crippen LogP contribution is -2.08. The summed E-state index contributed by atoms with van der Waals surface area (Å²) in [6.07, 6.45) is 3.24. The maximum Gasteiger partial charge on any atom is 0.306 e. The van der Waals surface area contributed by atoms with E-state index in [9.17, 15) is 10.1 Å². The standard InChI is InChI=1S/C9H12N6O2S/c1-2-14-8(11-12-9(14)18)3-4-13-6-7(5-10-13)15(16)17/h5-6H,2-4H2,1H3,(H,12,18). The van der Waals surface area contributed by atoms with Crippen LogP contribution >= 0.6 is 12.2 Å². The Morgan fingerprint density at radius 1 is 1.61 bits per heavy atom. The van der Waals surface area contributed by atoms with Crippen molar-refractivity contribution in [1.82, 2.24) is 24.5 Å². The third-order valence-electron chi connectivity index (χ3n) is 2.55. The lowest BCUT2D eigenvalue weighted by Gasteiger charge is -2.03. The lowest BCUT2D eigenvalue weighted by atomic mass is 10.4. The third-order valence-corrected chi connectivity index (χ3v) is 2.86. The molecule has 0 unspecified atom stereocenters. The van der Waals surface area contributed by atoms with Gasteiger partial charge in [-0.3, -0.25) is 19.9 Å². The molecule has 2 aromatic rings. The van der Waals surface area contributed by atoms with Gasteiger partial charge in [0.2, 0.25) is 0 Å². The van der Waals surface area contributed by atoms with Crippen LogP contribution in [0.5, 0.6) is 0 Å². The largest absolute Gasteiger partial charge is 0.306 e. The molecule has 0 aromatic carbocycles. The molecule has 0 saturated carbocycles. The summed E-state index contributed by atoms with van der Waals surface area (Å²) in [6.45, 7) is 3.24. The van der Waals surface area contributed by atoms with Gasteiger partial charge < -0.3 is 4.57 Å². The van der Waals surface area contributed by atoms with Gasteiger partial charge in [0, 0.05) is 19.5 Å². The predicted octanol–water partition coefficient (Wildman–Crippen LogP) is 1.31. The van der Waals surface area contributed by atoms with Gasteiger partial charge in [-0.15, -0.1) is 0 Å². The summed E-state index contributed by atoms with van der Waals surface area (Å²) in [5, 5.41) is 21.3. The van der Waals surface area contributed by atoms with Gasteiger partial charge in [-0.25, -0.2) is 0 Å². The van der Waals surface area contributed by atoms with Gasteiger partial charge in [-0.1, -0.05) is 0 Å². The van der Waals surface area contributed by atoms with Crippen molar-refractivity contribution in [2.75, 3.05) is 0 Å². The van der Waals surface area contributed by atoms with Gasteiger partial charge in [0.1, 0.15) is 18.2 Å². The monoisotopic (exact) mass is 268 g/mol. The Morgan fingerprint density at radius 2 is 2.39 bits per heavy atom. The molecule has 1 N–H and O–H groups in total. The number of aryl methyl sites for hydroxylation is 2. The average molecular weight is 268 g/mol. The zero-order valence-electron chi connectivity index (χ0n) is 9.74. The van der Waals surface area contributed by atoms with E-state index in [1.165, 1.54) is 17.1 Å². The fraction of sp³-hybridized carbons (Fsp3) is 0.444. The molecule has 2 rings (SSSR count). The highest BCUT2D eigenvalue weighted by molar-refractivity contribution is 7.71. The van der Waals surface area contributed by atoms with Crippen LogP contribution < -0.4 is 0 Å². The number of aromatic nitrogens is 5. The van der Waals surface area contributed by atoms with Crippen molar-refractivity contribution in [1.29, 1.82) is 0 Å². The van der Waals surface area contributed by atoms with E-state index in [-0.39, 0.29) is 5.69 Å². The molecule has 8 nitrogen and oxygen atoms in total. The van der Waals surface area contributed by atoms with E-state index in [0.29, 0.717) is 17.7 Å². The van der Waals surface area contributed by atoms with Crippen LogP contribution in [0.15, 0.2) is 12.4 Å². The number of aromatic amines is 1. The molecule has 0 aliphatic rings. The van der Waals surface area contributed by atoms with E-state index in [2.05, 4.69) is 15.3 Å². The van der Waals surface area contributed by atoms with Crippen molar-refractivity contribution in [2.24, 2.45) is 0 Å². The quantitative estimate of drug-likeness (QED) is 0.501. The number of rotatable bonds is 5.